The monoisotopic (exact) mass is 253 g/mol. The van der Waals surface area contributed by atoms with Crippen molar-refractivity contribution in [2.45, 2.75) is 6.54 Å². The standard InChI is InChI=1S/C15H15N3O/c1-19-15-7-4-13(17)8-12(15)10-18-14-5-2-11(9-16)3-6-14/h2-8,18H,10,17H2,1H3. The number of nitrogens with one attached hydrogen (secondary N) is 1. The number of nitrogen functional groups attached to an aromatic ring is 1. The average Bonchev–Trinajstić information content (AvgIpc) is 2.46. The smallest absolute Gasteiger partial charge is 0.123 e. The summed E-state index contributed by atoms with van der Waals surface area (Å²) in [6.07, 6.45) is 0. The van der Waals surface area contributed by atoms with Crippen molar-refractivity contribution < 1.29 is 4.74 Å². The second-order valence-corrected chi connectivity index (χ2v) is 4.11. The van der Waals surface area contributed by atoms with Gasteiger partial charge in [-0.3, -0.25) is 0 Å². The van der Waals surface area contributed by atoms with Crippen LogP contribution in [0.4, 0.5) is 11.4 Å². The van der Waals surface area contributed by atoms with Crippen molar-refractivity contribution >= 4 is 11.4 Å². The van der Waals surface area contributed by atoms with Crippen LogP contribution in [0.5, 0.6) is 5.75 Å². The zero-order chi connectivity index (χ0) is 13.7. The molecule has 96 valence electrons. The number of nitrogens with two attached hydrogens (primary N) is 1. The first kappa shape index (κ1) is 12.8. The van der Waals surface area contributed by atoms with Crippen LogP contribution in [-0.2, 0) is 6.54 Å². The molecule has 0 aliphatic rings. The van der Waals surface area contributed by atoms with Gasteiger partial charge in [-0.2, -0.15) is 5.26 Å². The molecule has 0 amide bonds. The van der Waals surface area contributed by atoms with Crippen LogP contribution in [0, 0.1) is 11.3 Å². The summed E-state index contributed by atoms with van der Waals surface area (Å²) in [5.74, 6) is 0.801. The Balaban J connectivity index is 2.09. The van der Waals surface area contributed by atoms with E-state index < -0.39 is 0 Å². The van der Waals surface area contributed by atoms with Crippen LogP contribution in [-0.4, -0.2) is 7.11 Å². The Bertz CT molecular complexity index is 600. The molecule has 0 unspecified atom stereocenters. The summed E-state index contributed by atoms with van der Waals surface area (Å²) in [6, 6.07) is 14.9. The summed E-state index contributed by atoms with van der Waals surface area (Å²) >= 11 is 0. The first-order chi connectivity index (χ1) is 9.22. The normalized spacial score (nSPS) is 9.68. The van der Waals surface area contributed by atoms with Crippen LogP contribution in [0.25, 0.3) is 0 Å². The molecule has 0 aliphatic carbocycles. The third kappa shape index (κ3) is 3.17. The molecule has 19 heavy (non-hydrogen) atoms. The lowest BCUT2D eigenvalue weighted by Crippen LogP contribution is -2.02. The van der Waals surface area contributed by atoms with Crippen molar-refractivity contribution in [3.05, 3.63) is 53.6 Å². The molecule has 0 aromatic heterocycles. The molecule has 4 heteroatoms. The molecule has 2 aromatic carbocycles. The van der Waals surface area contributed by atoms with Gasteiger partial charge in [0.15, 0.2) is 0 Å². The number of rotatable bonds is 4. The highest BCUT2D eigenvalue weighted by Gasteiger charge is 2.03. The highest BCUT2D eigenvalue weighted by molar-refractivity contribution is 5.51. The van der Waals surface area contributed by atoms with Crippen LogP contribution in [0.2, 0.25) is 0 Å². The Morgan fingerprint density at radius 1 is 1.21 bits per heavy atom. The molecule has 2 rings (SSSR count). The molecule has 0 radical (unpaired) electrons. The minimum absolute atomic E-state index is 0.611. The highest BCUT2D eigenvalue weighted by atomic mass is 16.5. The van der Waals surface area contributed by atoms with Crippen molar-refractivity contribution in [2.24, 2.45) is 0 Å². The summed E-state index contributed by atoms with van der Waals surface area (Å²) in [7, 11) is 1.64. The zero-order valence-electron chi connectivity index (χ0n) is 10.7. The maximum Gasteiger partial charge on any atom is 0.123 e. The van der Waals surface area contributed by atoms with Crippen LogP contribution >= 0.6 is 0 Å². The number of ether oxygens (including phenoxy) is 1. The number of benzene rings is 2. The van der Waals surface area contributed by atoms with Crippen LogP contribution in [0.15, 0.2) is 42.5 Å². The number of hydrogen-bond acceptors (Lipinski definition) is 4. The van der Waals surface area contributed by atoms with Crippen molar-refractivity contribution in [2.75, 3.05) is 18.2 Å². The van der Waals surface area contributed by atoms with Gasteiger partial charge in [-0.1, -0.05) is 0 Å². The number of anilines is 2. The molecule has 0 saturated carbocycles. The molecule has 3 N–H and O–H groups in total. The molecule has 2 aromatic rings. The van der Waals surface area contributed by atoms with Gasteiger partial charge in [0.1, 0.15) is 5.75 Å². The van der Waals surface area contributed by atoms with Gasteiger partial charge in [-0.25, -0.2) is 0 Å². The summed E-state index contributed by atoms with van der Waals surface area (Å²) < 4.78 is 5.29. The highest BCUT2D eigenvalue weighted by Crippen LogP contribution is 2.22. The van der Waals surface area contributed by atoms with E-state index in [2.05, 4.69) is 11.4 Å². The number of hydrogen-bond donors (Lipinski definition) is 2. The average molecular weight is 253 g/mol. The topological polar surface area (TPSA) is 71.1 Å². The molecule has 0 aliphatic heterocycles. The number of nitrogens with zero attached hydrogens (tertiary/aromatic N) is 1. The minimum Gasteiger partial charge on any atom is -0.496 e. The van der Waals surface area contributed by atoms with Gasteiger partial charge in [0.05, 0.1) is 18.7 Å². The summed E-state index contributed by atoms with van der Waals surface area (Å²) in [6.45, 7) is 0.611. The fraction of sp³-hybridized carbons (Fsp3) is 0.133. The molecular weight excluding hydrogens is 238 g/mol. The van der Waals surface area contributed by atoms with E-state index in [1.165, 1.54) is 0 Å². The molecule has 0 atom stereocenters. The molecular formula is C15H15N3O. The van der Waals surface area contributed by atoms with E-state index in [-0.39, 0.29) is 0 Å². The fourth-order valence-corrected chi connectivity index (χ4v) is 1.80. The summed E-state index contributed by atoms with van der Waals surface area (Å²) in [5.41, 5.74) is 9.06. The predicted octanol–water partition coefficient (Wildman–Crippen LogP) is 2.76. The van der Waals surface area contributed by atoms with Gasteiger partial charge in [0.25, 0.3) is 0 Å². The lowest BCUT2D eigenvalue weighted by atomic mass is 10.1. The molecule has 0 heterocycles. The van der Waals surface area contributed by atoms with Gasteiger partial charge >= 0.3 is 0 Å². The maximum atomic E-state index is 8.73. The Morgan fingerprint density at radius 2 is 1.95 bits per heavy atom. The van der Waals surface area contributed by atoms with E-state index in [1.54, 1.807) is 19.2 Å². The van der Waals surface area contributed by atoms with E-state index in [4.69, 9.17) is 15.7 Å². The Labute approximate surface area is 112 Å². The molecule has 0 spiro atoms. The van der Waals surface area contributed by atoms with E-state index in [0.717, 1.165) is 17.0 Å². The van der Waals surface area contributed by atoms with Crippen molar-refractivity contribution in [1.82, 2.24) is 0 Å². The van der Waals surface area contributed by atoms with Gasteiger partial charge < -0.3 is 15.8 Å². The largest absolute Gasteiger partial charge is 0.496 e. The Hall–Kier alpha value is -2.67. The number of nitriles is 1. The van der Waals surface area contributed by atoms with E-state index >= 15 is 0 Å². The first-order valence-electron chi connectivity index (χ1n) is 5.89. The summed E-state index contributed by atoms with van der Waals surface area (Å²) in [5, 5.41) is 12.0. The van der Waals surface area contributed by atoms with Crippen LogP contribution < -0.4 is 15.8 Å². The van der Waals surface area contributed by atoms with Crippen molar-refractivity contribution in [1.29, 1.82) is 5.26 Å². The quantitative estimate of drug-likeness (QED) is 0.822. The Kier molecular flexibility index (Phi) is 3.89. The zero-order valence-corrected chi connectivity index (χ0v) is 10.7. The van der Waals surface area contributed by atoms with E-state index in [1.807, 2.05) is 30.3 Å². The van der Waals surface area contributed by atoms with Crippen LogP contribution in [0.1, 0.15) is 11.1 Å². The lowest BCUT2D eigenvalue weighted by molar-refractivity contribution is 0.410. The van der Waals surface area contributed by atoms with Gasteiger partial charge in [-0.15, -0.1) is 0 Å². The lowest BCUT2D eigenvalue weighted by Gasteiger charge is -2.11. The van der Waals surface area contributed by atoms with Crippen molar-refractivity contribution in [3.8, 4) is 11.8 Å². The minimum atomic E-state index is 0.611. The molecule has 0 fully saturated rings. The molecule has 0 bridgehead atoms. The maximum absolute atomic E-state index is 8.73. The van der Waals surface area contributed by atoms with Gasteiger partial charge in [0.2, 0.25) is 0 Å². The van der Waals surface area contributed by atoms with E-state index in [0.29, 0.717) is 17.8 Å². The second-order valence-electron chi connectivity index (χ2n) is 4.11. The fourth-order valence-electron chi connectivity index (χ4n) is 1.80. The molecule has 4 nitrogen and oxygen atoms in total. The van der Waals surface area contributed by atoms with E-state index in [9.17, 15) is 0 Å². The third-order valence-corrected chi connectivity index (χ3v) is 2.80. The molecule has 0 saturated heterocycles. The third-order valence-electron chi connectivity index (χ3n) is 2.80. The van der Waals surface area contributed by atoms with Gasteiger partial charge in [-0.05, 0) is 42.5 Å². The SMILES string of the molecule is COc1ccc(N)cc1CNc1ccc(C#N)cc1. The predicted molar refractivity (Wildman–Crippen MR) is 75.9 cm³/mol. The number of methoxy groups -OCH3 is 1. The van der Waals surface area contributed by atoms with Crippen LogP contribution in [0.3, 0.4) is 0 Å². The van der Waals surface area contributed by atoms with Crippen molar-refractivity contribution in [3.63, 3.8) is 0 Å². The Morgan fingerprint density at radius 3 is 2.58 bits per heavy atom. The summed E-state index contributed by atoms with van der Waals surface area (Å²) in [4.78, 5) is 0. The second kappa shape index (κ2) is 5.78. The first-order valence-corrected chi connectivity index (χ1v) is 5.89. The van der Waals surface area contributed by atoms with Gasteiger partial charge in [0, 0.05) is 23.5 Å².